The van der Waals surface area contributed by atoms with Crippen molar-refractivity contribution < 1.29 is 9.53 Å². The van der Waals surface area contributed by atoms with Crippen molar-refractivity contribution in [3.05, 3.63) is 34.3 Å². The van der Waals surface area contributed by atoms with E-state index in [-0.39, 0.29) is 18.1 Å². The van der Waals surface area contributed by atoms with Gasteiger partial charge in [0.25, 0.3) is 5.91 Å². The summed E-state index contributed by atoms with van der Waals surface area (Å²) < 4.78 is 6.37. The van der Waals surface area contributed by atoms with Crippen LogP contribution < -0.4 is 5.32 Å². The molecule has 0 spiro atoms. The molecule has 17 heavy (non-hydrogen) atoms. The molecule has 0 aliphatic carbocycles. The molecule has 1 heterocycles. The van der Waals surface area contributed by atoms with Gasteiger partial charge in [-0.3, -0.25) is 4.79 Å². The van der Waals surface area contributed by atoms with E-state index < -0.39 is 0 Å². The number of nitrogens with one attached hydrogen (secondary N) is 1. The Morgan fingerprint density at radius 3 is 2.94 bits per heavy atom. The molecule has 1 N–H and O–H groups in total. The summed E-state index contributed by atoms with van der Waals surface area (Å²) in [5, 5.41) is 2.99. The fourth-order valence-electron chi connectivity index (χ4n) is 2.02. The average molecular weight is 298 g/mol. The summed E-state index contributed by atoms with van der Waals surface area (Å²) in [6.07, 6.45) is 2.26. The summed E-state index contributed by atoms with van der Waals surface area (Å²) in [7, 11) is 0. The van der Waals surface area contributed by atoms with E-state index in [2.05, 4.69) is 21.2 Å². The van der Waals surface area contributed by atoms with Gasteiger partial charge in [-0.15, -0.1) is 0 Å². The quantitative estimate of drug-likeness (QED) is 0.932. The highest BCUT2D eigenvalue weighted by atomic mass is 79.9. The van der Waals surface area contributed by atoms with Crippen LogP contribution in [0.15, 0.2) is 28.7 Å². The Morgan fingerprint density at radius 1 is 1.53 bits per heavy atom. The summed E-state index contributed by atoms with van der Waals surface area (Å²) >= 11 is 3.38. The molecular weight excluding hydrogens is 282 g/mol. The Labute approximate surface area is 110 Å². The first-order chi connectivity index (χ1) is 8.18. The fraction of sp³-hybridized carbons (Fsp3) is 0.462. The van der Waals surface area contributed by atoms with Gasteiger partial charge in [0.05, 0.1) is 17.7 Å². The maximum absolute atomic E-state index is 12.0. The Balaban J connectivity index is 1.99. The lowest BCUT2D eigenvalue weighted by atomic mass is 10.1. The molecule has 1 aromatic carbocycles. The normalized spacial score (nSPS) is 21.2. The van der Waals surface area contributed by atoms with E-state index in [9.17, 15) is 4.79 Å². The predicted octanol–water partition coefficient (Wildman–Crippen LogP) is 2.75. The number of carbonyl (C=O) groups excluding carboxylic acids is 1. The molecule has 0 saturated carbocycles. The average Bonchev–Trinajstić information content (AvgIpc) is 2.82. The monoisotopic (exact) mass is 297 g/mol. The number of ether oxygens (including phenoxy) is 1. The Hall–Kier alpha value is -0.870. The number of carbonyl (C=O) groups is 1. The van der Waals surface area contributed by atoms with Crippen molar-refractivity contribution in [1.29, 1.82) is 0 Å². The first-order valence-corrected chi connectivity index (χ1v) is 6.65. The predicted molar refractivity (Wildman–Crippen MR) is 70.0 cm³/mol. The van der Waals surface area contributed by atoms with Gasteiger partial charge in [-0.1, -0.05) is 12.1 Å². The van der Waals surface area contributed by atoms with Crippen LogP contribution in [0.5, 0.6) is 0 Å². The molecule has 2 atom stereocenters. The van der Waals surface area contributed by atoms with Crippen LogP contribution in [-0.4, -0.2) is 24.7 Å². The first-order valence-electron chi connectivity index (χ1n) is 5.85. The third-order valence-corrected chi connectivity index (χ3v) is 3.69. The van der Waals surface area contributed by atoms with Gasteiger partial charge < -0.3 is 10.1 Å². The van der Waals surface area contributed by atoms with E-state index in [0.717, 1.165) is 23.9 Å². The van der Waals surface area contributed by atoms with Gasteiger partial charge in [-0.2, -0.15) is 0 Å². The van der Waals surface area contributed by atoms with Gasteiger partial charge >= 0.3 is 0 Å². The molecular formula is C13H16BrNO2. The molecule has 4 heteroatoms. The van der Waals surface area contributed by atoms with Crippen LogP contribution in [-0.2, 0) is 4.74 Å². The van der Waals surface area contributed by atoms with E-state index in [4.69, 9.17) is 4.74 Å². The number of benzene rings is 1. The zero-order chi connectivity index (χ0) is 12.3. The van der Waals surface area contributed by atoms with Crippen molar-refractivity contribution in [3.8, 4) is 0 Å². The molecule has 3 nitrogen and oxygen atoms in total. The van der Waals surface area contributed by atoms with Gasteiger partial charge in [0.2, 0.25) is 0 Å². The minimum Gasteiger partial charge on any atom is -0.376 e. The lowest BCUT2D eigenvalue weighted by Gasteiger charge is -2.20. The van der Waals surface area contributed by atoms with Crippen LogP contribution in [0.3, 0.4) is 0 Å². The molecule has 1 saturated heterocycles. The lowest BCUT2D eigenvalue weighted by Crippen LogP contribution is -2.40. The first kappa shape index (κ1) is 12.6. The largest absolute Gasteiger partial charge is 0.376 e. The molecule has 2 rings (SSSR count). The Kier molecular flexibility index (Phi) is 4.18. The third-order valence-electron chi connectivity index (χ3n) is 3.00. The molecule has 2 unspecified atom stereocenters. The van der Waals surface area contributed by atoms with Crippen LogP contribution >= 0.6 is 15.9 Å². The SMILES string of the molecule is CC(NC(=O)c1ccccc1Br)C1CCCO1. The minimum atomic E-state index is -0.0551. The summed E-state index contributed by atoms with van der Waals surface area (Å²) in [5.74, 6) is -0.0551. The van der Waals surface area contributed by atoms with Gasteiger partial charge in [0.1, 0.15) is 0 Å². The zero-order valence-electron chi connectivity index (χ0n) is 9.78. The Morgan fingerprint density at radius 2 is 2.29 bits per heavy atom. The molecule has 1 fully saturated rings. The van der Waals surface area contributed by atoms with Crippen molar-refractivity contribution in [2.45, 2.75) is 31.9 Å². The summed E-state index contributed by atoms with van der Waals surface area (Å²) in [5.41, 5.74) is 0.664. The van der Waals surface area contributed by atoms with E-state index >= 15 is 0 Å². The highest BCUT2D eigenvalue weighted by Crippen LogP contribution is 2.18. The zero-order valence-corrected chi connectivity index (χ0v) is 11.4. The number of amides is 1. The summed E-state index contributed by atoms with van der Waals surface area (Å²) in [6, 6.07) is 7.48. The van der Waals surface area contributed by atoms with Crippen molar-refractivity contribution >= 4 is 21.8 Å². The van der Waals surface area contributed by atoms with Gasteiger partial charge in [0, 0.05) is 11.1 Å². The van der Waals surface area contributed by atoms with Gasteiger partial charge in [-0.05, 0) is 47.8 Å². The minimum absolute atomic E-state index is 0.0529. The molecule has 1 amide bonds. The molecule has 1 aromatic rings. The lowest BCUT2D eigenvalue weighted by molar-refractivity contribution is 0.0712. The second-order valence-electron chi connectivity index (χ2n) is 4.29. The molecule has 0 radical (unpaired) electrons. The molecule has 1 aliphatic rings. The molecule has 0 aromatic heterocycles. The van der Waals surface area contributed by atoms with Crippen molar-refractivity contribution in [3.63, 3.8) is 0 Å². The van der Waals surface area contributed by atoms with E-state index in [1.54, 1.807) is 0 Å². The number of halogens is 1. The van der Waals surface area contributed by atoms with Crippen molar-refractivity contribution in [2.75, 3.05) is 6.61 Å². The smallest absolute Gasteiger partial charge is 0.252 e. The number of hydrogen-bond acceptors (Lipinski definition) is 2. The molecule has 0 bridgehead atoms. The molecule has 1 aliphatic heterocycles. The summed E-state index contributed by atoms with van der Waals surface area (Å²) in [4.78, 5) is 12.0. The second-order valence-corrected chi connectivity index (χ2v) is 5.15. The molecule has 92 valence electrons. The van der Waals surface area contributed by atoms with Crippen LogP contribution in [0.25, 0.3) is 0 Å². The fourth-order valence-corrected chi connectivity index (χ4v) is 2.48. The van der Waals surface area contributed by atoms with Crippen molar-refractivity contribution in [2.24, 2.45) is 0 Å². The topological polar surface area (TPSA) is 38.3 Å². The van der Waals surface area contributed by atoms with Crippen LogP contribution in [0.1, 0.15) is 30.1 Å². The maximum Gasteiger partial charge on any atom is 0.252 e. The highest BCUT2D eigenvalue weighted by molar-refractivity contribution is 9.10. The second kappa shape index (κ2) is 5.65. The van der Waals surface area contributed by atoms with E-state index in [1.165, 1.54) is 0 Å². The standard InChI is InChI=1S/C13H16BrNO2/c1-9(12-7-4-8-17-12)15-13(16)10-5-2-3-6-11(10)14/h2-3,5-6,9,12H,4,7-8H2,1H3,(H,15,16). The van der Waals surface area contributed by atoms with E-state index in [0.29, 0.717) is 5.56 Å². The van der Waals surface area contributed by atoms with Crippen LogP contribution in [0, 0.1) is 0 Å². The Bertz CT molecular complexity index is 402. The number of hydrogen-bond donors (Lipinski definition) is 1. The summed E-state index contributed by atoms with van der Waals surface area (Å²) in [6.45, 7) is 2.80. The highest BCUT2D eigenvalue weighted by Gasteiger charge is 2.24. The van der Waals surface area contributed by atoms with Crippen LogP contribution in [0.2, 0.25) is 0 Å². The maximum atomic E-state index is 12.0. The number of rotatable bonds is 3. The third kappa shape index (κ3) is 3.07. The van der Waals surface area contributed by atoms with Crippen LogP contribution in [0.4, 0.5) is 0 Å². The van der Waals surface area contributed by atoms with Crippen molar-refractivity contribution in [1.82, 2.24) is 5.32 Å². The van der Waals surface area contributed by atoms with E-state index in [1.807, 2.05) is 31.2 Å². The van der Waals surface area contributed by atoms with Gasteiger partial charge in [-0.25, -0.2) is 0 Å². The van der Waals surface area contributed by atoms with Gasteiger partial charge in [0.15, 0.2) is 0 Å².